The third-order valence-electron chi connectivity index (χ3n) is 1.20. The Morgan fingerprint density at radius 1 is 1.08 bits per heavy atom. The molecule has 1 aromatic rings. The molecule has 0 fully saturated rings. The highest BCUT2D eigenvalue weighted by molar-refractivity contribution is 9.10. The first kappa shape index (κ1) is 9.31. The van der Waals surface area contributed by atoms with Gasteiger partial charge in [0.05, 0.1) is 4.47 Å². The molecule has 0 aliphatic carbocycles. The van der Waals surface area contributed by atoms with Crippen LogP contribution in [0, 0.1) is 11.6 Å². The Hall–Kier alpha value is -0.780. The van der Waals surface area contributed by atoms with Crippen molar-refractivity contribution >= 4 is 21.6 Å². The van der Waals surface area contributed by atoms with Crippen LogP contribution in [-0.2, 0) is 0 Å². The first-order valence-electron chi connectivity index (χ1n) is 2.79. The minimum Gasteiger partial charge on any atom is -0.202 e. The monoisotopic (exact) mass is 243 g/mol. The number of benzene rings is 1. The molecule has 0 saturated carbocycles. The van der Waals surface area contributed by atoms with Crippen molar-refractivity contribution in [2.45, 2.75) is 0 Å². The smallest absolute Gasteiger partial charge is 0.188 e. The zero-order valence-corrected chi connectivity index (χ0v) is 7.08. The summed E-state index contributed by atoms with van der Waals surface area (Å²) in [7, 11) is 0. The Balaban J connectivity index is 3.27. The standard InChI is InChI=1S/C6H2BrF4N/c7-3-1-2-4(12(10)11)6(9)5(3)8/h1-2H. The van der Waals surface area contributed by atoms with Crippen molar-refractivity contribution in [3.63, 3.8) is 0 Å². The van der Waals surface area contributed by atoms with Gasteiger partial charge in [0.15, 0.2) is 11.6 Å². The molecule has 1 nitrogen and oxygen atoms in total. The molecule has 66 valence electrons. The molecule has 0 radical (unpaired) electrons. The summed E-state index contributed by atoms with van der Waals surface area (Å²) in [6.07, 6.45) is 0. The van der Waals surface area contributed by atoms with Gasteiger partial charge in [-0.2, -0.15) is 0 Å². The molecule has 0 aliphatic rings. The van der Waals surface area contributed by atoms with Crippen LogP contribution in [0.2, 0.25) is 0 Å². The van der Waals surface area contributed by atoms with Gasteiger partial charge in [0.25, 0.3) is 0 Å². The van der Waals surface area contributed by atoms with Crippen molar-refractivity contribution in [2.75, 3.05) is 5.34 Å². The lowest BCUT2D eigenvalue weighted by molar-refractivity contribution is 0.229. The first-order valence-corrected chi connectivity index (χ1v) is 3.58. The van der Waals surface area contributed by atoms with Crippen LogP contribution in [0.1, 0.15) is 0 Å². The highest BCUT2D eigenvalue weighted by Gasteiger charge is 2.16. The van der Waals surface area contributed by atoms with Crippen LogP contribution in [0.3, 0.4) is 0 Å². The second-order valence-electron chi connectivity index (χ2n) is 1.93. The Morgan fingerprint density at radius 2 is 1.67 bits per heavy atom. The molecule has 0 bridgehead atoms. The van der Waals surface area contributed by atoms with Gasteiger partial charge in [0.1, 0.15) is 5.69 Å². The average molecular weight is 244 g/mol. The van der Waals surface area contributed by atoms with Gasteiger partial charge in [-0.15, -0.1) is 0 Å². The minimum absolute atomic E-state index is 0.189. The third-order valence-corrected chi connectivity index (χ3v) is 1.81. The van der Waals surface area contributed by atoms with E-state index in [0.717, 1.165) is 12.1 Å². The molecular weight excluding hydrogens is 242 g/mol. The Bertz CT molecular complexity index is 302. The summed E-state index contributed by atoms with van der Waals surface area (Å²) in [5.74, 6) is -2.90. The van der Waals surface area contributed by atoms with E-state index in [1.807, 2.05) is 0 Å². The van der Waals surface area contributed by atoms with Crippen molar-refractivity contribution < 1.29 is 17.7 Å². The lowest BCUT2D eigenvalue weighted by Crippen LogP contribution is -2.01. The summed E-state index contributed by atoms with van der Waals surface area (Å²) in [5.41, 5.74) is -1.09. The maximum Gasteiger partial charge on any atom is 0.188 e. The molecule has 0 spiro atoms. The molecule has 1 rings (SSSR count). The fraction of sp³-hybridized carbons (Fsp3) is 0. The van der Waals surface area contributed by atoms with E-state index in [-0.39, 0.29) is 4.47 Å². The van der Waals surface area contributed by atoms with Gasteiger partial charge in [-0.05, 0) is 33.4 Å². The number of hydrogen-bond acceptors (Lipinski definition) is 1. The van der Waals surface area contributed by atoms with E-state index < -0.39 is 22.7 Å². The summed E-state index contributed by atoms with van der Waals surface area (Å²) >= 11 is 2.65. The highest BCUT2D eigenvalue weighted by Crippen LogP contribution is 2.27. The van der Waals surface area contributed by atoms with Crippen molar-refractivity contribution in [2.24, 2.45) is 0 Å². The predicted molar refractivity (Wildman–Crippen MR) is 38.8 cm³/mol. The summed E-state index contributed by atoms with van der Waals surface area (Å²) in [6, 6.07) is 1.77. The Kier molecular flexibility index (Phi) is 2.56. The molecular formula is C6H2BrF4N. The minimum atomic E-state index is -1.57. The van der Waals surface area contributed by atoms with Gasteiger partial charge in [-0.3, -0.25) is 0 Å². The molecule has 6 heteroatoms. The summed E-state index contributed by atoms with van der Waals surface area (Å²) < 4.78 is 48.5. The van der Waals surface area contributed by atoms with Gasteiger partial charge in [0, 0.05) is 0 Å². The van der Waals surface area contributed by atoms with Crippen LogP contribution in [-0.4, -0.2) is 0 Å². The topological polar surface area (TPSA) is 3.24 Å². The van der Waals surface area contributed by atoms with Crippen LogP contribution in [0.4, 0.5) is 23.4 Å². The molecule has 0 saturated heterocycles. The number of anilines is 1. The SMILES string of the molecule is Fc1c(Br)ccc(N(F)F)c1F. The van der Waals surface area contributed by atoms with E-state index in [0.29, 0.717) is 0 Å². The van der Waals surface area contributed by atoms with E-state index in [9.17, 15) is 17.7 Å². The molecule has 12 heavy (non-hydrogen) atoms. The maximum absolute atomic E-state index is 12.6. The molecule has 0 atom stereocenters. The van der Waals surface area contributed by atoms with Crippen LogP contribution in [0.25, 0.3) is 0 Å². The maximum atomic E-state index is 12.6. The first-order chi connectivity index (χ1) is 5.54. The molecule has 1 aromatic carbocycles. The molecule has 0 N–H and O–H groups in total. The number of hydrogen-bond donors (Lipinski definition) is 0. The molecule has 0 amide bonds. The van der Waals surface area contributed by atoms with Crippen molar-refractivity contribution in [3.05, 3.63) is 28.2 Å². The number of nitrogens with zero attached hydrogens (tertiary/aromatic N) is 1. The fourth-order valence-electron chi connectivity index (χ4n) is 0.646. The highest BCUT2D eigenvalue weighted by atomic mass is 79.9. The van der Waals surface area contributed by atoms with E-state index in [2.05, 4.69) is 15.9 Å². The van der Waals surface area contributed by atoms with Gasteiger partial charge < -0.3 is 0 Å². The lowest BCUT2D eigenvalue weighted by Gasteiger charge is -2.04. The normalized spacial score (nSPS) is 10.1. The van der Waals surface area contributed by atoms with Gasteiger partial charge in [-0.25, -0.2) is 8.78 Å². The molecule has 0 heterocycles. The van der Waals surface area contributed by atoms with Crippen LogP contribution in [0.5, 0.6) is 0 Å². The van der Waals surface area contributed by atoms with E-state index in [4.69, 9.17) is 0 Å². The van der Waals surface area contributed by atoms with E-state index >= 15 is 0 Å². The molecule has 0 unspecified atom stereocenters. The van der Waals surface area contributed by atoms with Crippen molar-refractivity contribution in [1.82, 2.24) is 0 Å². The van der Waals surface area contributed by atoms with Crippen LogP contribution >= 0.6 is 15.9 Å². The fourth-order valence-corrected chi connectivity index (χ4v) is 0.952. The average Bonchev–Trinajstić information content (AvgIpc) is 2.00. The third kappa shape index (κ3) is 1.52. The zero-order valence-electron chi connectivity index (χ0n) is 5.49. The summed E-state index contributed by atoms with van der Waals surface area (Å²) in [4.78, 5) is 0. The van der Waals surface area contributed by atoms with Crippen LogP contribution < -0.4 is 5.34 Å². The predicted octanol–water partition coefficient (Wildman–Crippen LogP) is 3.30. The van der Waals surface area contributed by atoms with E-state index in [1.54, 1.807) is 0 Å². The molecule has 0 aromatic heterocycles. The quantitative estimate of drug-likeness (QED) is 0.416. The number of rotatable bonds is 1. The van der Waals surface area contributed by atoms with Crippen molar-refractivity contribution in [3.8, 4) is 0 Å². The van der Waals surface area contributed by atoms with Crippen molar-refractivity contribution in [1.29, 1.82) is 0 Å². The van der Waals surface area contributed by atoms with Gasteiger partial charge in [0.2, 0.25) is 0 Å². The second-order valence-corrected chi connectivity index (χ2v) is 2.78. The Morgan fingerprint density at radius 3 is 2.17 bits per heavy atom. The summed E-state index contributed by atoms with van der Waals surface area (Å²) in [5, 5.41) is -1.48. The van der Waals surface area contributed by atoms with Gasteiger partial charge in [-0.1, -0.05) is 8.96 Å². The zero-order chi connectivity index (χ0) is 9.30. The van der Waals surface area contributed by atoms with Crippen LogP contribution in [0.15, 0.2) is 16.6 Å². The molecule has 0 aliphatic heterocycles. The second kappa shape index (κ2) is 3.30. The lowest BCUT2D eigenvalue weighted by atomic mass is 10.3. The Labute approximate surface area is 73.6 Å². The summed E-state index contributed by atoms with van der Waals surface area (Å²) in [6.45, 7) is 0. The van der Waals surface area contributed by atoms with Gasteiger partial charge >= 0.3 is 0 Å². The number of halogens is 5. The largest absolute Gasteiger partial charge is 0.202 e. The van der Waals surface area contributed by atoms with E-state index in [1.165, 1.54) is 0 Å².